The summed E-state index contributed by atoms with van der Waals surface area (Å²) >= 11 is 4.97. The number of ether oxygens (including phenoxy) is 1. The molecule has 162 valence electrons. The van der Waals surface area contributed by atoms with Crippen LogP contribution < -0.4 is 10.1 Å². The van der Waals surface area contributed by atoms with Gasteiger partial charge in [-0.2, -0.15) is 0 Å². The van der Waals surface area contributed by atoms with Gasteiger partial charge in [0.2, 0.25) is 0 Å². The second-order valence-electron chi connectivity index (χ2n) is 7.74. The number of benzene rings is 3. The van der Waals surface area contributed by atoms with E-state index in [0.29, 0.717) is 27.8 Å². The summed E-state index contributed by atoms with van der Waals surface area (Å²) in [6.45, 7) is 0. The van der Waals surface area contributed by atoms with Crippen LogP contribution in [0.25, 0.3) is 27.8 Å². The molecular formula is C26H18N2O4S. The fourth-order valence-corrected chi connectivity index (χ4v) is 4.24. The highest BCUT2D eigenvalue weighted by atomic mass is 32.1. The van der Waals surface area contributed by atoms with E-state index in [4.69, 9.17) is 17.0 Å². The smallest absolute Gasteiger partial charge is 0.262 e. The van der Waals surface area contributed by atoms with E-state index in [1.807, 2.05) is 36.4 Å². The third-order valence-electron chi connectivity index (χ3n) is 5.68. The molecule has 0 unspecified atom stereocenters. The van der Waals surface area contributed by atoms with Gasteiger partial charge in [-0.1, -0.05) is 42.5 Å². The molecule has 1 fully saturated rings. The molecular weight excluding hydrogens is 436 g/mol. The molecule has 6 nitrogen and oxygen atoms in total. The average Bonchev–Trinajstić information content (AvgIpc) is 3.18. The molecule has 7 heteroatoms. The number of nitrogens with one attached hydrogen (secondary N) is 1. The molecule has 0 atom stereocenters. The van der Waals surface area contributed by atoms with Crippen molar-refractivity contribution >= 4 is 62.6 Å². The summed E-state index contributed by atoms with van der Waals surface area (Å²) in [5.41, 5.74) is 1.73. The third-order valence-corrected chi connectivity index (χ3v) is 5.92. The molecule has 0 aliphatic carbocycles. The first-order valence-electron chi connectivity index (χ1n) is 10.3. The molecule has 2 heterocycles. The number of hydrogen-bond acceptors (Lipinski definition) is 5. The number of nitrogens with zero attached hydrogens (tertiary/aromatic N) is 1. The second-order valence-corrected chi connectivity index (χ2v) is 8.23. The van der Waals surface area contributed by atoms with E-state index in [0.717, 1.165) is 10.8 Å². The maximum atomic E-state index is 13.5. The van der Waals surface area contributed by atoms with Crippen molar-refractivity contribution in [3.05, 3.63) is 83.6 Å². The van der Waals surface area contributed by atoms with Gasteiger partial charge in [-0.25, -0.2) is 0 Å². The van der Waals surface area contributed by atoms with E-state index in [1.165, 1.54) is 10.6 Å². The van der Waals surface area contributed by atoms with E-state index in [1.54, 1.807) is 37.6 Å². The van der Waals surface area contributed by atoms with Crippen LogP contribution in [0.1, 0.15) is 22.3 Å². The fraction of sp³-hybridized carbons (Fsp3) is 0.0769. The van der Waals surface area contributed by atoms with Crippen LogP contribution in [-0.4, -0.2) is 34.3 Å². The Kier molecular flexibility index (Phi) is 5.11. The lowest BCUT2D eigenvalue weighted by molar-refractivity contribution is -0.122. The molecule has 1 aliphatic heterocycles. The van der Waals surface area contributed by atoms with Crippen LogP contribution in [0.15, 0.2) is 72.4 Å². The molecule has 1 saturated heterocycles. The standard InChI is InChI=1S/C26H18N2O4S/c1-32-19-8-9-22-20(12-19)18(11-21-23(29)13-24(33)27-25(21)30)14-28(22)26(31)17-7-6-15-4-2-3-5-16(15)10-17/h2-12,14H,13H2,1H3,(H,27,30,33)/b21-11-. The molecule has 0 bridgehead atoms. The Morgan fingerprint density at radius 2 is 1.85 bits per heavy atom. The van der Waals surface area contributed by atoms with Crippen LogP contribution >= 0.6 is 12.2 Å². The number of piperidine rings is 1. The van der Waals surface area contributed by atoms with Gasteiger partial charge in [0.15, 0.2) is 5.78 Å². The Morgan fingerprint density at radius 3 is 2.61 bits per heavy atom. The highest BCUT2D eigenvalue weighted by Crippen LogP contribution is 2.29. The molecule has 1 N–H and O–H groups in total. The zero-order chi connectivity index (χ0) is 23.1. The van der Waals surface area contributed by atoms with Crippen LogP contribution in [0, 0.1) is 0 Å². The minimum atomic E-state index is -0.541. The summed E-state index contributed by atoms with van der Waals surface area (Å²) in [4.78, 5) is 38.5. The first-order valence-corrected chi connectivity index (χ1v) is 10.7. The Hall–Kier alpha value is -4.10. The van der Waals surface area contributed by atoms with Crippen molar-refractivity contribution in [2.45, 2.75) is 6.42 Å². The highest BCUT2D eigenvalue weighted by molar-refractivity contribution is 7.80. The molecule has 4 aromatic rings. The average molecular weight is 455 g/mol. The molecule has 3 aromatic carbocycles. The molecule has 0 radical (unpaired) electrons. The predicted molar refractivity (Wildman–Crippen MR) is 131 cm³/mol. The van der Waals surface area contributed by atoms with E-state index < -0.39 is 5.91 Å². The molecule has 1 amide bonds. The van der Waals surface area contributed by atoms with Gasteiger partial charge in [0.1, 0.15) is 5.75 Å². The monoisotopic (exact) mass is 454 g/mol. The number of carbonyl (C=O) groups is 3. The van der Waals surface area contributed by atoms with Gasteiger partial charge in [0.25, 0.3) is 11.8 Å². The number of Topliss-reactive ketones (excluding diaryl/α,β-unsaturated/α-hetero) is 1. The molecule has 0 spiro atoms. The van der Waals surface area contributed by atoms with Gasteiger partial charge in [-0.15, -0.1) is 0 Å². The van der Waals surface area contributed by atoms with Gasteiger partial charge in [0.05, 0.1) is 29.6 Å². The van der Waals surface area contributed by atoms with Crippen molar-refractivity contribution in [1.82, 2.24) is 9.88 Å². The van der Waals surface area contributed by atoms with Crippen LogP contribution in [0.4, 0.5) is 0 Å². The van der Waals surface area contributed by atoms with Crippen LogP contribution in [0.5, 0.6) is 5.75 Å². The van der Waals surface area contributed by atoms with Crippen LogP contribution in [0.3, 0.4) is 0 Å². The minimum Gasteiger partial charge on any atom is -0.497 e. The summed E-state index contributed by atoms with van der Waals surface area (Å²) < 4.78 is 6.88. The van der Waals surface area contributed by atoms with Gasteiger partial charge in [-0.05, 0) is 47.2 Å². The topological polar surface area (TPSA) is 77.4 Å². The molecule has 5 rings (SSSR count). The van der Waals surface area contributed by atoms with Crippen LogP contribution in [-0.2, 0) is 9.59 Å². The van der Waals surface area contributed by atoms with E-state index >= 15 is 0 Å². The number of ketones is 1. The molecule has 0 saturated carbocycles. The Bertz CT molecular complexity index is 1510. The van der Waals surface area contributed by atoms with Crippen molar-refractivity contribution in [3.63, 3.8) is 0 Å². The molecule has 1 aromatic heterocycles. The van der Waals surface area contributed by atoms with Crippen molar-refractivity contribution < 1.29 is 19.1 Å². The minimum absolute atomic E-state index is 0.00336. The van der Waals surface area contributed by atoms with Crippen LogP contribution in [0.2, 0.25) is 0 Å². The lowest BCUT2D eigenvalue weighted by Crippen LogP contribution is -2.39. The molecule has 33 heavy (non-hydrogen) atoms. The largest absolute Gasteiger partial charge is 0.497 e. The molecule has 1 aliphatic rings. The summed E-state index contributed by atoms with van der Waals surface area (Å²) in [7, 11) is 1.55. The number of thiocarbonyl (C=S) groups is 1. The fourth-order valence-electron chi connectivity index (χ4n) is 4.01. The number of amides is 1. The zero-order valence-electron chi connectivity index (χ0n) is 17.6. The summed E-state index contributed by atoms with van der Waals surface area (Å²) in [5, 5.41) is 5.22. The summed E-state index contributed by atoms with van der Waals surface area (Å²) in [6.07, 6.45) is 3.12. The second kappa shape index (κ2) is 8.11. The lowest BCUT2D eigenvalue weighted by atomic mass is 10.0. The van der Waals surface area contributed by atoms with Crippen molar-refractivity contribution in [2.75, 3.05) is 7.11 Å². The SMILES string of the molecule is COc1ccc2c(c1)c(/C=C1/C(=O)CC(=S)NC1=O)cn2C(=O)c1ccc2ccccc2c1. The van der Waals surface area contributed by atoms with E-state index in [9.17, 15) is 14.4 Å². The normalized spacial score (nSPS) is 15.3. The Morgan fingerprint density at radius 1 is 1.06 bits per heavy atom. The summed E-state index contributed by atoms with van der Waals surface area (Å²) in [5.74, 6) is -0.519. The number of methoxy groups -OCH3 is 1. The van der Waals surface area contributed by atoms with E-state index in [-0.39, 0.29) is 28.7 Å². The number of fused-ring (bicyclic) bond motifs is 2. The number of hydrogen-bond donors (Lipinski definition) is 1. The Balaban J connectivity index is 1.66. The van der Waals surface area contributed by atoms with Crippen molar-refractivity contribution in [2.24, 2.45) is 0 Å². The van der Waals surface area contributed by atoms with Gasteiger partial charge in [0, 0.05) is 22.7 Å². The van der Waals surface area contributed by atoms with Gasteiger partial charge >= 0.3 is 0 Å². The number of rotatable bonds is 3. The zero-order valence-corrected chi connectivity index (χ0v) is 18.4. The highest BCUT2D eigenvalue weighted by Gasteiger charge is 2.27. The predicted octanol–water partition coefficient (Wildman–Crippen LogP) is 4.29. The number of aromatic nitrogens is 1. The third kappa shape index (κ3) is 3.72. The quantitative estimate of drug-likeness (QED) is 0.284. The van der Waals surface area contributed by atoms with Gasteiger partial charge in [-0.3, -0.25) is 19.0 Å². The number of carbonyl (C=O) groups excluding carboxylic acids is 3. The maximum Gasteiger partial charge on any atom is 0.262 e. The Labute approximate surface area is 194 Å². The van der Waals surface area contributed by atoms with Crippen molar-refractivity contribution in [3.8, 4) is 5.75 Å². The lowest BCUT2D eigenvalue weighted by Gasteiger charge is -2.14. The van der Waals surface area contributed by atoms with Gasteiger partial charge < -0.3 is 10.1 Å². The van der Waals surface area contributed by atoms with E-state index in [2.05, 4.69) is 5.32 Å². The first-order chi connectivity index (χ1) is 15.9. The first kappa shape index (κ1) is 20.8. The summed E-state index contributed by atoms with van der Waals surface area (Å²) in [6, 6.07) is 18.7. The van der Waals surface area contributed by atoms with Crippen molar-refractivity contribution in [1.29, 1.82) is 0 Å². The maximum absolute atomic E-state index is 13.5.